The van der Waals surface area contributed by atoms with Crippen molar-refractivity contribution >= 4 is 23.4 Å². The van der Waals surface area contributed by atoms with Crippen LogP contribution in [0.3, 0.4) is 0 Å². The highest BCUT2D eigenvalue weighted by Crippen LogP contribution is 2.38. The van der Waals surface area contributed by atoms with Crippen LogP contribution in [0.4, 0.5) is 5.82 Å². The van der Waals surface area contributed by atoms with Gasteiger partial charge in [0, 0.05) is 5.56 Å². The molecule has 2 rings (SSSR count). The predicted octanol–water partition coefficient (Wildman–Crippen LogP) is 2.41. The van der Waals surface area contributed by atoms with Gasteiger partial charge in [-0.25, -0.2) is 4.98 Å². The number of anilines is 1. The molecule has 0 atom stereocenters. The fourth-order valence-electron chi connectivity index (χ4n) is 2.25. The van der Waals surface area contributed by atoms with E-state index in [-0.39, 0.29) is 33.5 Å². The molecule has 2 N–H and O–H groups in total. The maximum atomic E-state index is 12.6. The summed E-state index contributed by atoms with van der Waals surface area (Å²) in [5.41, 5.74) is 6.35. The van der Waals surface area contributed by atoms with Crippen LogP contribution in [0.1, 0.15) is 21.5 Å². The highest BCUT2D eigenvalue weighted by Gasteiger charge is 2.18. The first-order valence-electron chi connectivity index (χ1n) is 7.55. The number of benzene rings is 1. The van der Waals surface area contributed by atoms with Crippen LogP contribution in [-0.4, -0.2) is 37.8 Å². The molecular formula is C18H16N4O4S. The zero-order valence-electron chi connectivity index (χ0n) is 14.9. The molecule has 0 saturated carbocycles. The Balaban J connectivity index is 2.28. The molecular weight excluding hydrogens is 368 g/mol. The van der Waals surface area contributed by atoms with E-state index >= 15 is 0 Å². The van der Waals surface area contributed by atoms with Gasteiger partial charge in [-0.3, -0.25) is 4.79 Å². The number of carbonyl (C=O) groups excluding carboxylic acids is 1. The fraction of sp³-hybridized carbons (Fsp3) is 0.222. The Morgan fingerprint density at radius 1 is 1.07 bits per heavy atom. The summed E-state index contributed by atoms with van der Waals surface area (Å²) in [7, 11) is 4.40. The maximum Gasteiger partial charge on any atom is 0.203 e. The first kappa shape index (κ1) is 19.9. The zero-order valence-corrected chi connectivity index (χ0v) is 15.7. The highest BCUT2D eigenvalue weighted by molar-refractivity contribution is 8.00. The van der Waals surface area contributed by atoms with E-state index in [1.807, 2.05) is 12.1 Å². The van der Waals surface area contributed by atoms with Gasteiger partial charge >= 0.3 is 0 Å². The summed E-state index contributed by atoms with van der Waals surface area (Å²) in [6, 6.07) is 8.28. The molecule has 2 aromatic rings. The van der Waals surface area contributed by atoms with E-state index in [1.54, 1.807) is 12.1 Å². The van der Waals surface area contributed by atoms with Crippen LogP contribution in [0.5, 0.6) is 17.2 Å². The number of hydrogen-bond donors (Lipinski definition) is 1. The second-order valence-electron chi connectivity index (χ2n) is 5.12. The molecule has 0 aliphatic rings. The van der Waals surface area contributed by atoms with Crippen LogP contribution < -0.4 is 19.9 Å². The van der Waals surface area contributed by atoms with Crippen molar-refractivity contribution in [3.63, 3.8) is 0 Å². The Hall–Kier alpha value is -3.43. The number of rotatable bonds is 7. The third-order valence-corrected chi connectivity index (χ3v) is 4.58. The molecule has 0 unspecified atom stereocenters. The summed E-state index contributed by atoms with van der Waals surface area (Å²) in [6.07, 6.45) is 0. The quantitative estimate of drug-likeness (QED) is 0.564. The van der Waals surface area contributed by atoms with Crippen molar-refractivity contribution in [1.82, 2.24) is 4.98 Å². The molecule has 1 heterocycles. The molecule has 0 saturated heterocycles. The average molecular weight is 384 g/mol. The Kier molecular flexibility index (Phi) is 6.47. The van der Waals surface area contributed by atoms with Crippen LogP contribution in [0, 0.1) is 22.7 Å². The molecule has 27 heavy (non-hydrogen) atoms. The van der Waals surface area contributed by atoms with E-state index in [9.17, 15) is 10.1 Å². The number of nitrogens with two attached hydrogens (primary N) is 1. The molecule has 0 aliphatic carbocycles. The third-order valence-electron chi connectivity index (χ3n) is 3.58. The van der Waals surface area contributed by atoms with Crippen LogP contribution >= 0.6 is 11.8 Å². The van der Waals surface area contributed by atoms with Gasteiger partial charge in [0.05, 0.1) is 38.2 Å². The number of ether oxygens (including phenoxy) is 3. The zero-order chi connectivity index (χ0) is 20.0. The fourth-order valence-corrected chi connectivity index (χ4v) is 3.11. The number of carbonyl (C=O) groups is 1. The Labute approximate surface area is 160 Å². The van der Waals surface area contributed by atoms with Gasteiger partial charge in [0.15, 0.2) is 17.3 Å². The van der Waals surface area contributed by atoms with E-state index in [0.717, 1.165) is 11.8 Å². The lowest BCUT2D eigenvalue weighted by molar-refractivity contribution is 0.102. The minimum absolute atomic E-state index is 0.00561. The second-order valence-corrected chi connectivity index (χ2v) is 6.09. The standard InChI is InChI=1S/C18H16N4O4S/c1-24-14-5-10(6-15(25-2)16(14)26-3)13(23)9-27-18-12(8-20)4-11(7-19)17(21)22-18/h4-6H,9H2,1-3H3,(H2,21,22). The predicted molar refractivity (Wildman–Crippen MR) is 99.2 cm³/mol. The van der Waals surface area contributed by atoms with Gasteiger partial charge in [0.1, 0.15) is 23.0 Å². The first-order chi connectivity index (χ1) is 13.0. The van der Waals surface area contributed by atoms with Crippen molar-refractivity contribution in [2.45, 2.75) is 5.03 Å². The van der Waals surface area contributed by atoms with Gasteiger partial charge in [-0.05, 0) is 18.2 Å². The number of pyridine rings is 1. The van der Waals surface area contributed by atoms with Crippen molar-refractivity contribution in [1.29, 1.82) is 10.5 Å². The SMILES string of the molecule is COc1cc(C(=O)CSc2nc(N)c(C#N)cc2C#N)cc(OC)c1OC. The minimum atomic E-state index is -0.229. The number of hydrogen-bond acceptors (Lipinski definition) is 9. The molecule has 9 heteroatoms. The molecule has 1 aromatic carbocycles. The molecule has 0 radical (unpaired) electrons. The highest BCUT2D eigenvalue weighted by atomic mass is 32.2. The average Bonchev–Trinajstić information content (AvgIpc) is 2.70. The van der Waals surface area contributed by atoms with Crippen LogP contribution in [-0.2, 0) is 0 Å². The number of Topliss-reactive ketones (excluding diaryl/α,β-unsaturated/α-hetero) is 1. The molecule has 0 aliphatic heterocycles. The van der Waals surface area contributed by atoms with Gasteiger partial charge in [-0.1, -0.05) is 11.8 Å². The molecule has 138 valence electrons. The molecule has 0 amide bonds. The molecule has 1 aromatic heterocycles. The van der Waals surface area contributed by atoms with Gasteiger partial charge in [0.2, 0.25) is 5.75 Å². The summed E-state index contributed by atoms with van der Waals surface area (Å²) in [4.78, 5) is 16.6. The number of nitrogens with zero attached hydrogens (tertiary/aromatic N) is 3. The van der Waals surface area contributed by atoms with Crippen LogP contribution in [0.15, 0.2) is 23.2 Å². The normalized spacial score (nSPS) is 9.81. The minimum Gasteiger partial charge on any atom is -0.493 e. The summed E-state index contributed by atoms with van der Waals surface area (Å²) in [5, 5.41) is 18.5. The summed E-state index contributed by atoms with van der Waals surface area (Å²) < 4.78 is 15.7. The lowest BCUT2D eigenvalue weighted by Crippen LogP contribution is -2.06. The van der Waals surface area contributed by atoms with Crippen molar-refractivity contribution in [2.24, 2.45) is 0 Å². The topological polar surface area (TPSA) is 131 Å². The van der Waals surface area contributed by atoms with Crippen molar-refractivity contribution < 1.29 is 19.0 Å². The third kappa shape index (κ3) is 4.22. The monoisotopic (exact) mass is 384 g/mol. The largest absolute Gasteiger partial charge is 0.493 e. The van der Waals surface area contributed by atoms with Crippen molar-refractivity contribution in [3.8, 4) is 29.4 Å². The van der Waals surface area contributed by atoms with E-state index in [4.69, 9.17) is 25.2 Å². The smallest absolute Gasteiger partial charge is 0.203 e. The summed E-state index contributed by atoms with van der Waals surface area (Å²) in [5.74, 6) is 0.906. The Bertz CT molecular complexity index is 938. The van der Waals surface area contributed by atoms with Gasteiger partial charge in [-0.15, -0.1) is 0 Å². The first-order valence-corrected chi connectivity index (χ1v) is 8.54. The van der Waals surface area contributed by atoms with Crippen molar-refractivity contribution in [2.75, 3.05) is 32.8 Å². The van der Waals surface area contributed by atoms with Crippen LogP contribution in [0.25, 0.3) is 0 Å². The lowest BCUT2D eigenvalue weighted by Gasteiger charge is -2.13. The number of nitrogen functional groups attached to an aromatic ring is 1. The molecule has 0 fully saturated rings. The maximum absolute atomic E-state index is 12.6. The van der Waals surface area contributed by atoms with E-state index in [1.165, 1.54) is 27.4 Å². The van der Waals surface area contributed by atoms with E-state index in [2.05, 4.69) is 4.98 Å². The van der Waals surface area contributed by atoms with Gasteiger partial charge < -0.3 is 19.9 Å². The Morgan fingerprint density at radius 2 is 1.67 bits per heavy atom. The van der Waals surface area contributed by atoms with E-state index in [0.29, 0.717) is 22.8 Å². The number of methoxy groups -OCH3 is 3. The molecule has 0 bridgehead atoms. The van der Waals surface area contributed by atoms with Crippen molar-refractivity contribution in [3.05, 3.63) is 34.9 Å². The van der Waals surface area contributed by atoms with Crippen LogP contribution in [0.2, 0.25) is 0 Å². The number of ketones is 1. The number of thioether (sulfide) groups is 1. The molecule has 0 spiro atoms. The number of aromatic nitrogens is 1. The summed E-state index contributed by atoms with van der Waals surface area (Å²) >= 11 is 1.06. The summed E-state index contributed by atoms with van der Waals surface area (Å²) in [6.45, 7) is 0. The second kappa shape index (κ2) is 8.79. The molecule has 8 nitrogen and oxygen atoms in total. The lowest BCUT2D eigenvalue weighted by atomic mass is 10.1. The Morgan fingerprint density at radius 3 is 2.15 bits per heavy atom. The van der Waals surface area contributed by atoms with Gasteiger partial charge in [-0.2, -0.15) is 10.5 Å². The van der Waals surface area contributed by atoms with Gasteiger partial charge in [0.25, 0.3) is 0 Å². The number of nitriles is 2. The van der Waals surface area contributed by atoms with E-state index < -0.39 is 0 Å².